The van der Waals surface area contributed by atoms with Crippen molar-refractivity contribution in [2.45, 2.75) is 32.0 Å². The summed E-state index contributed by atoms with van der Waals surface area (Å²) in [6, 6.07) is 5.59. The van der Waals surface area contributed by atoms with Gasteiger partial charge in [-0.15, -0.1) is 12.4 Å². The molecular weight excluding hydrogens is 318 g/mol. The number of ether oxygens (including phenoxy) is 2. The SMILES string of the molecule is COc1cc(CN2CCC(NC(=O)C(C)N)C2)cc(OC)c1.Cl. The summed E-state index contributed by atoms with van der Waals surface area (Å²) in [7, 11) is 3.29. The molecule has 1 aromatic carbocycles. The van der Waals surface area contributed by atoms with Crippen LogP contribution in [0.4, 0.5) is 0 Å². The van der Waals surface area contributed by atoms with Crippen LogP contribution in [-0.4, -0.2) is 50.2 Å². The molecule has 1 aromatic rings. The Balaban J connectivity index is 0.00000264. The van der Waals surface area contributed by atoms with Gasteiger partial charge in [0.25, 0.3) is 0 Å². The fraction of sp³-hybridized carbons (Fsp3) is 0.562. The van der Waals surface area contributed by atoms with E-state index in [9.17, 15) is 4.79 Å². The molecule has 0 spiro atoms. The second-order valence-corrected chi connectivity index (χ2v) is 5.74. The highest BCUT2D eigenvalue weighted by Gasteiger charge is 2.24. The van der Waals surface area contributed by atoms with Crippen LogP contribution in [0.2, 0.25) is 0 Å². The van der Waals surface area contributed by atoms with Gasteiger partial charge in [0.1, 0.15) is 11.5 Å². The van der Waals surface area contributed by atoms with E-state index >= 15 is 0 Å². The minimum atomic E-state index is -0.461. The third-order valence-corrected chi connectivity index (χ3v) is 3.85. The number of methoxy groups -OCH3 is 2. The maximum atomic E-state index is 11.6. The van der Waals surface area contributed by atoms with Gasteiger partial charge in [-0.05, 0) is 31.0 Å². The minimum Gasteiger partial charge on any atom is -0.497 e. The summed E-state index contributed by atoms with van der Waals surface area (Å²) in [5.41, 5.74) is 6.72. The van der Waals surface area contributed by atoms with Crippen molar-refractivity contribution < 1.29 is 14.3 Å². The van der Waals surface area contributed by atoms with Crippen molar-refractivity contribution in [3.8, 4) is 11.5 Å². The van der Waals surface area contributed by atoms with Crippen molar-refractivity contribution in [2.75, 3.05) is 27.3 Å². The Hall–Kier alpha value is -1.50. The van der Waals surface area contributed by atoms with Gasteiger partial charge in [-0.2, -0.15) is 0 Å². The van der Waals surface area contributed by atoms with Gasteiger partial charge in [0.2, 0.25) is 5.91 Å². The monoisotopic (exact) mass is 343 g/mol. The molecule has 2 atom stereocenters. The topological polar surface area (TPSA) is 76.8 Å². The Kier molecular flexibility index (Phi) is 7.61. The van der Waals surface area contributed by atoms with Crippen LogP contribution in [0, 0.1) is 0 Å². The number of rotatable bonds is 6. The predicted octanol–water partition coefficient (Wildman–Crippen LogP) is 1.16. The van der Waals surface area contributed by atoms with E-state index in [1.54, 1.807) is 21.1 Å². The molecule has 0 radical (unpaired) electrons. The fourth-order valence-corrected chi connectivity index (χ4v) is 2.64. The van der Waals surface area contributed by atoms with Gasteiger partial charge in [-0.25, -0.2) is 0 Å². The number of nitrogens with two attached hydrogens (primary N) is 1. The number of halogens is 1. The first kappa shape index (κ1) is 19.5. The predicted molar refractivity (Wildman–Crippen MR) is 92.3 cm³/mol. The van der Waals surface area contributed by atoms with Crippen LogP contribution < -0.4 is 20.5 Å². The molecule has 1 aliphatic rings. The lowest BCUT2D eigenvalue weighted by molar-refractivity contribution is -0.122. The van der Waals surface area contributed by atoms with Gasteiger partial charge in [-0.1, -0.05) is 0 Å². The summed E-state index contributed by atoms with van der Waals surface area (Å²) >= 11 is 0. The van der Waals surface area contributed by atoms with Gasteiger partial charge in [-0.3, -0.25) is 9.69 Å². The smallest absolute Gasteiger partial charge is 0.236 e. The third-order valence-electron chi connectivity index (χ3n) is 3.85. The van der Waals surface area contributed by atoms with Crippen LogP contribution in [0.3, 0.4) is 0 Å². The average Bonchev–Trinajstić information content (AvgIpc) is 2.93. The molecule has 1 amide bonds. The standard InChI is InChI=1S/C16H25N3O3.ClH/c1-11(17)16(20)18-13-4-5-19(10-13)9-12-6-14(21-2)8-15(7-12)22-3;/h6-8,11,13H,4-5,9-10,17H2,1-3H3,(H,18,20);1H. The second kappa shape index (κ2) is 8.96. The van der Waals surface area contributed by atoms with E-state index in [4.69, 9.17) is 15.2 Å². The number of hydrogen-bond acceptors (Lipinski definition) is 5. The van der Waals surface area contributed by atoms with Gasteiger partial charge in [0.05, 0.1) is 20.3 Å². The molecule has 0 saturated carbocycles. The summed E-state index contributed by atoms with van der Waals surface area (Å²) < 4.78 is 10.6. The molecular formula is C16H26ClN3O3. The zero-order valence-electron chi connectivity index (χ0n) is 13.9. The maximum absolute atomic E-state index is 11.6. The Morgan fingerprint density at radius 3 is 2.48 bits per heavy atom. The van der Waals surface area contributed by atoms with E-state index in [1.807, 2.05) is 18.2 Å². The molecule has 6 nitrogen and oxygen atoms in total. The highest BCUT2D eigenvalue weighted by molar-refractivity contribution is 5.85. The lowest BCUT2D eigenvalue weighted by Crippen LogP contribution is -2.44. The highest BCUT2D eigenvalue weighted by Crippen LogP contribution is 2.24. The number of nitrogens with zero attached hydrogens (tertiary/aromatic N) is 1. The highest BCUT2D eigenvalue weighted by atomic mass is 35.5. The van der Waals surface area contributed by atoms with Crippen molar-refractivity contribution in [1.82, 2.24) is 10.2 Å². The molecule has 1 heterocycles. The molecule has 130 valence electrons. The van der Waals surface area contributed by atoms with Crippen molar-refractivity contribution >= 4 is 18.3 Å². The molecule has 0 bridgehead atoms. The Labute approximate surface area is 143 Å². The van der Waals surface area contributed by atoms with Gasteiger partial charge >= 0.3 is 0 Å². The normalized spacial score (nSPS) is 18.9. The lowest BCUT2D eigenvalue weighted by Gasteiger charge is -2.18. The summed E-state index contributed by atoms with van der Waals surface area (Å²) in [6.07, 6.45) is 0.944. The van der Waals surface area contributed by atoms with Gasteiger partial charge < -0.3 is 20.5 Å². The van der Waals surface area contributed by atoms with Crippen LogP contribution in [0.25, 0.3) is 0 Å². The molecule has 7 heteroatoms. The number of carbonyl (C=O) groups excluding carboxylic acids is 1. The molecule has 2 unspecified atom stereocenters. The Morgan fingerprint density at radius 1 is 1.35 bits per heavy atom. The number of carbonyl (C=O) groups is 1. The zero-order chi connectivity index (χ0) is 16.1. The first-order valence-corrected chi connectivity index (χ1v) is 7.52. The largest absolute Gasteiger partial charge is 0.497 e. The summed E-state index contributed by atoms with van der Waals surface area (Å²) in [4.78, 5) is 13.9. The summed E-state index contributed by atoms with van der Waals surface area (Å²) in [5.74, 6) is 1.49. The lowest BCUT2D eigenvalue weighted by atomic mass is 10.2. The van der Waals surface area contributed by atoms with Crippen molar-refractivity contribution in [1.29, 1.82) is 0 Å². The molecule has 1 fully saturated rings. The molecule has 1 saturated heterocycles. The van der Waals surface area contributed by atoms with E-state index in [2.05, 4.69) is 10.2 Å². The number of benzene rings is 1. The Morgan fingerprint density at radius 2 is 1.96 bits per heavy atom. The fourth-order valence-electron chi connectivity index (χ4n) is 2.64. The van der Waals surface area contributed by atoms with E-state index in [1.165, 1.54) is 0 Å². The van der Waals surface area contributed by atoms with E-state index in [0.29, 0.717) is 0 Å². The zero-order valence-corrected chi connectivity index (χ0v) is 14.7. The molecule has 1 aliphatic heterocycles. The van der Waals surface area contributed by atoms with E-state index < -0.39 is 6.04 Å². The average molecular weight is 344 g/mol. The molecule has 3 N–H and O–H groups in total. The van der Waals surface area contributed by atoms with E-state index in [0.717, 1.165) is 43.1 Å². The van der Waals surface area contributed by atoms with Crippen LogP contribution in [0.1, 0.15) is 18.9 Å². The minimum absolute atomic E-state index is 0. The quantitative estimate of drug-likeness (QED) is 0.810. The van der Waals surface area contributed by atoms with Crippen LogP contribution in [-0.2, 0) is 11.3 Å². The maximum Gasteiger partial charge on any atom is 0.236 e. The molecule has 2 rings (SSSR count). The van der Waals surface area contributed by atoms with Crippen LogP contribution in [0.5, 0.6) is 11.5 Å². The number of likely N-dealkylation sites (tertiary alicyclic amines) is 1. The second-order valence-electron chi connectivity index (χ2n) is 5.74. The van der Waals surface area contributed by atoms with Gasteiger partial charge in [0.15, 0.2) is 0 Å². The summed E-state index contributed by atoms with van der Waals surface area (Å²) in [6.45, 7) is 4.28. The third kappa shape index (κ3) is 5.57. The van der Waals surface area contributed by atoms with Crippen LogP contribution >= 0.6 is 12.4 Å². The first-order chi connectivity index (χ1) is 10.5. The van der Waals surface area contributed by atoms with Crippen molar-refractivity contribution in [3.63, 3.8) is 0 Å². The summed E-state index contributed by atoms with van der Waals surface area (Å²) in [5, 5.41) is 2.98. The molecule has 23 heavy (non-hydrogen) atoms. The molecule has 0 aromatic heterocycles. The van der Waals surface area contributed by atoms with Crippen LogP contribution in [0.15, 0.2) is 18.2 Å². The number of amides is 1. The van der Waals surface area contributed by atoms with Crippen molar-refractivity contribution in [2.24, 2.45) is 5.73 Å². The number of hydrogen-bond donors (Lipinski definition) is 2. The van der Waals surface area contributed by atoms with Crippen molar-refractivity contribution in [3.05, 3.63) is 23.8 Å². The first-order valence-electron chi connectivity index (χ1n) is 7.52. The van der Waals surface area contributed by atoms with E-state index in [-0.39, 0.29) is 24.4 Å². The number of nitrogens with one attached hydrogen (secondary N) is 1. The Bertz CT molecular complexity index is 503. The van der Waals surface area contributed by atoms with Gasteiger partial charge in [0, 0.05) is 31.7 Å². The molecule has 0 aliphatic carbocycles.